The molecule has 0 N–H and O–H groups in total. The molecule has 0 saturated carbocycles. The largest absolute Gasteiger partial charge is 0.394 e. The van der Waals surface area contributed by atoms with E-state index in [1.54, 1.807) is 0 Å². The first-order valence-corrected chi connectivity index (χ1v) is 3.63. The van der Waals surface area contributed by atoms with Crippen LogP contribution in [0.5, 0.6) is 0 Å². The van der Waals surface area contributed by atoms with Crippen LogP contribution >= 0.6 is 0 Å². The van der Waals surface area contributed by atoms with E-state index in [2.05, 4.69) is 6.92 Å². The zero-order valence-corrected chi connectivity index (χ0v) is 6.66. The van der Waals surface area contributed by atoms with Gasteiger partial charge in [-0.2, -0.15) is 0 Å². The molecule has 1 amide bonds. The molecule has 1 fully saturated rings. The summed E-state index contributed by atoms with van der Waals surface area (Å²) in [6.07, 6.45) is 0. The molecule has 1 saturated heterocycles. The van der Waals surface area contributed by atoms with Gasteiger partial charge in [-0.3, -0.25) is 4.79 Å². The molecule has 0 bridgehead atoms. The summed E-state index contributed by atoms with van der Waals surface area (Å²) in [4.78, 5) is 12.5. The van der Waals surface area contributed by atoms with Crippen LogP contribution in [0, 0.1) is 11.8 Å². The van der Waals surface area contributed by atoms with Crippen LogP contribution in [-0.4, -0.2) is 24.7 Å². The van der Waals surface area contributed by atoms with Gasteiger partial charge in [0.1, 0.15) is 0 Å². The van der Waals surface area contributed by atoms with Crippen molar-refractivity contribution in [3.8, 4) is 0 Å². The van der Waals surface area contributed by atoms with Gasteiger partial charge in [0.05, 0.1) is 0 Å². The lowest BCUT2D eigenvalue weighted by Crippen LogP contribution is -2.29. The van der Waals surface area contributed by atoms with Crippen LogP contribution in [0.2, 0.25) is 0 Å². The molecule has 0 spiro atoms. The Hall–Kier alpha value is -0.465. The van der Waals surface area contributed by atoms with E-state index in [4.69, 9.17) is 7.98 Å². The Morgan fingerprint density at radius 2 is 1.90 bits per heavy atom. The molecule has 10 heavy (non-hydrogen) atoms. The van der Waals surface area contributed by atoms with Crippen LogP contribution in [-0.2, 0) is 4.79 Å². The lowest BCUT2D eigenvalue weighted by atomic mass is 9.95. The summed E-state index contributed by atoms with van der Waals surface area (Å²) in [5.41, 5.74) is 0. The SMILES string of the molecule is [B]N1C(=O)C(C)C(C)C1C. The van der Waals surface area contributed by atoms with Crippen molar-refractivity contribution in [1.29, 1.82) is 0 Å². The molecule has 0 aromatic heterocycles. The number of rotatable bonds is 0. The molecule has 1 aliphatic rings. The molecule has 54 valence electrons. The normalized spacial score (nSPS) is 40.9. The third kappa shape index (κ3) is 0.843. The highest BCUT2D eigenvalue weighted by Gasteiger charge is 2.37. The Balaban J connectivity index is 2.78. The molecule has 0 aliphatic carbocycles. The maximum Gasteiger partial charge on any atom is 0.230 e. The fraction of sp³-hybridized carbons (Fsp3) is 0.857. The van der Waals surface area contributed by atoms with E-state index in [9.17, 15) is 4.79 Å². The molecule has 1 aliphatic heterocycles. The summed E-state index contributed by atoms with van der Waals surface area (Å²) in [5.74, 6) is 0.553. The van der Waals surface area contributed by atoms with Crippen LogP contribution in [0.4, 0.5) is 0 Å². The van der Waals surface area contributed by atoms with Crippen LogP contribution < -0.4 is 0 Å². The highest BCUT2D eigenvalue weighted by Crippen LogP contribution is 2.27. The summed E-state index contributed by atoms with van der Waals surface area (Å²) in [6.45, 7) is 5.96. The average molecular weight is 137 g/mol. The molecule has 1 rings (SSSR count). The van der Waals surface area contributed by atoms with Gasteiger partial charge in [0.15, 0.2) is 0 Å². The Labute approximate surface area is 63.0 Å². The quantitative estimate of drug-likeness (QED) is 0.447. The lowest BCUT2D eigenvalue weighted by molar-refractivity contribution is -0.127. The molecule has 3 heteroatoms. The van der Waals surface area contributed by atoms with E-state index >= 15 is 0 Å². The van der Waals surface area contributed by atoms with E-state index in [0.29, 0.717) is 5.92 Å². The third-order valence-electron chi connectivity index (χ3n) is 2.63. The summed E-state index contributed by atoms with van der Waals surface area (Å²) in [7, 11) is 5.49. The van der Waals surface area contributed by atoms with Gasteiger partial charge in [-0.25, -0.2) is 0 Å². The van der Waals surface area contributed by atoms with E-state index in [0.717, 1.165) is 0 Å². The first kappa shape index (κ1) is 7.64. The fourth-order valence-electron chi connectivity index (χ4n) is 1.33. The van der Waals surface area contributed by atoms with Crippen molar-refractivity contribution in [2.45, 2.75) is 26.8 Å². The number of carbonyl (C=O) groups excluding carboxylic acids is 1. The average Bonchev–Trinajstić information content (AvgIpc) is 2.07. The van der Waals surface area contributed by atoms with Crippen molar-refractivity contribution in [3.63, 3.8) is 0 Å². The van der Waals surface area contributed by atoms with Gasteiger partial charge < -0.3 is 4.81 Å². The summed E-state index contributed by atoms with van der Waals surface area (Å²) in [5, 5.41) is 0. The zero-order valence-electron chi connectivity index (χ0n) is 6.66. The first-order chi connectivity index (χ1) is 4.55. The van der Waals surface area contributed by atoms with Crippen molar-refractivity contribution in [2.75, 3.05) is 0 Å². The van der Waals surface area contributed by atoms with Gasteiger partial charge in [0.2, 0.25) is 13.9 Å². The Bertz CT molecular complexity index is 144. The van der Waals surface area contributed by atoms with E-state index in [1.165, 1.54) is 4.81 Å². The number of hydrogen-bond acceptors (Lipinski definition) is 1. The summed E-state index contributed by atoms with van der Waals surface area (Å²) >= 11 is 0. The molecular formula is C7H12BNO. The summed E-state index contributed by atoms with van der Waals surface area (Å²) in [6, 6.07) is 0.197. The van der Waals surface area contributed by atoms with Gasteiger partial charge in [-0.1, -0.05) is 13.8 Å². The predicted molar refractivity (Wildman–Crippen MR) is 40.4 cm³/mol. The maximum absolute atomic E-state index is 11.1. The Morgan fingerprint density at radius 3 is 2.00 bits per heavy atom. The van der Waals surface area contributed by atoms with Gasteiger partial charge in [-0.15, -0.1) is 0 Å². The van der Waals surface area contributed by atoms with Crippen molar-refractivity contribution in [1.82, 2.24) is 4.81 Å². The standard InChI is InChI=1S/C7H12BNO/c1-4-5(2)7(10)9(8)6(4)3/h4-6H,1-3H3. The van der Waals surface area contributed by atoms with Crippen LogP contribution in [0.25, 0.3) is 0 Å². The molecular weight excluding hydrogens is 125 g/mol. The highest BCUT2D eigenvalue weighted by atomic mass is 16.2. The smallest absolute Gasteiger partial charge is 0.230 e. The number of nitrogens with zero attached hydrogens (tertiary/aromatic N) is 1. The third-order valence-corrected chi connectivity index (χ3v) is 2.63. The van der Waals surface area contributed by atoms with Crippen LogP contribution in [0.3, 0.4) is 0 Å². The molecule has 0 aromatic rings. The predicted octanol–water partition coefficient (Wildman–Crippen LogP) is 0.573. The first-order valence-electron chi connectivity index (χ1n) is 3.63. The van der Waals surface area contributed by atoms with Crippen molar-refractivity contribution in [2.24, 2.45) is 11.8 Å². The second-order valence-corrected chi connectivity index (χ2v) is 3.13. The molecule has 2 radical (unpaired) electrons. The zero-order chi connectivity index (χ0) is 7.89. The molecule has 0 aromatic carbocycles. The topological polar surface area (TPSA) is 20.3 Å². The number of amides is 1. The van der Waals surface area contributed by atoms with Gasteiger partial charge in [0, 0.05) is 12.0 Å². The monoisotopic (exact) mass is 137 g/mol. The fourth-order valence-corrected chi connectivity index (χ4v) is 1.33. The van der Waals surface area contributed by atoms with Gasteiger partial charge in [0.25, 0.3) is 0 Å². The van der Waals surface area contributed by atoms with E-state index < -0.39 is 0 Å². The molecule has 1 heterocycles. The van der Waals surface area contributed by atoms with Gasteiger partial charge >= 0.3 is 0 Å². The highest BCUT2D eigenvalue weighted by molar-refractivity contribution is 6.15. The molecule has 3 atom stereocenters. The molecule has 3 unspecified atom stereocenters. The van der Waals surface area contributed by atoms with Crippen LogP contribution in [0.15, 0.2) is 0 Å². The van der Waals surface area contributed by atoms with Crippen molar-refractivity contribution in [3.05, 3.63) is 0 Å². The van der Waals surface area contributed by atoms with E-state index in [-0.39, 0.29) is 17.9 Å². The summed E-state index contributed by atoms with van der Waals surface area (Å²) < 4.78 is 0. The lowest BCUT2D eigenvalue weighted by Gasteiger charge is -2.17. The minimum absolute atomic E-state index is 0.0694. The van der Waals surface area contributed by atoms with Crippen LogP contribution in [0.1, 0.15) is 20.8 Å². The second kappa shape index (κ2) is 2.29. The van der Waals surface area contributed by atoms with Gasteiger partial charge in [-0.05, 0) is 12.8 Å². The number of hydrogen-bond donors (Lipinski definition) is 0. The van der Waals surface area contributed by atoms with E-state index in [1.807, 2.05) is 13.8 Å². The Morgan fingerprint density at radius 1 is 1.40 bits per heavy atom. The van der Waals surface area contributed by atoms with Crippen molar-refractivity contribution >= 4 is 13.9 Å². The number of carbonyl (C=O) groups is 1. The molecule has 2 nitrogen and oxygen atoms in total. The maximum atomic E-state index is 11.1. The minimum Gasteiger partial charge on any atom is -0.394 e. The second-order valence-electron chi connectivity index (χ2n) is 3.13. The van der Waals surface area contributed by atoms with Crippen molar-refractivity contribution < 1.29 is 4.79 Å². The minimum atomic E-state index is 0.0694. The Kier molecular flexibility index (Phi) is 1.75.